The van der Waals surface area contributed by atoms with E-state index in [-0.39, 0.29) is 5.37 Å². The zero-order valence-electron chi connectivity index (χ0n) is 10.4. The molecule has 2 N–H and O–H groups in total. The molecule has 2 aromatic rings. The molecule has 4 nitrogen and oxygen atoms in total. The van der Waals surface area contributed by atoms with Crippen molar-refractivity contribution in [1.29, 1.82) is 0 Å². The van der Waals surface area contributed by atoms with Crippen LogP contribution in [-0.4, -0.2) is 22.9 Å². The molecule has 1 fully saturated rings. The number of carboxylic acids is 1. The second-order valence-electron chi connectivity index (χ2n) is 4.45. The first-order valence-electron chi connectivity index (χ1n) is 6.10. The number of rotatable bonds is 3. The smallest absolute Gasteiger partial charge is 0.321 e. The molecule has 1 aromatic heterocycles. The Morgan fingerprint density at radius 2 is 2.15 bits per heavy atom. The van der Waals surface area contributed by atoms with E-state index in [0.29, 0.717) is 22.3 Å². The minimum absolute atomic E-state index is 0.132. The van der Waals surface area contributed by atoms with Crippen LogP contribution in [0.15, 0.2) is 40.8 Å². The van der Waals surface area contributed by atoms with Gasteiger partial charge in [0.2, 0.25) is 0 Å². The first-order chi connectivity index (χ1) is 9.65. The second kappa shape index (κ2) is 5.52. The van der Waals surface area contributed by atoms with E-state index in [9.17, 15) is 4.79 Å². The molecule has 6 heteroatoms. The van der Waals surface area contributed by atoms with Crippen LogP contribution in [0.25, 0.3) is 11.3 Å². The molecule has 1 aromatic carbocycles. The van der Waals surface area contributed by atoms with Gasteiger partial charge in [0.1, 0.15) is 22.9 Å². The third kappa shape index (κ3) is 2.57. The van der Waals surface area contributed by atoms with Gasteiger partial charge in [-0.05, 0) is 24.3 Å². The molecule has 0 spiro atoms. The van der Waals surface area contributed by atoms with E-state index in [1.54, 1.807) is 0 Å². The maximum atomic E-state index is 10.9. The average Bonchev–Trinajstić information content (AvgIpc) is 3.08. The Hall–Kier alpha value is -1.43. The summed E-state index contributed by atoms with van der Waals surface area (Å²) in [7, 11) is 0. The Bertz CT molecular complexity index is 643. The summed E-state index contributed by atoms with van der Waals surface area (Å²) in [6, 6.07) is 10.6. The van der Waals surface area contributed by atoms with E-state index in [1.165, 1.54) is 11.8 Å². The number of benzene rings is 1. The highest BCUT2D eigenvalue weighted by Crippen LogP contribution is 2.37. The Balaban J connectivity index is 1.81. The molecule has 1 saturated heterocycles. The second-order valence-corrected chi connectivity index (χ2v) is 6.00. The van der Waals surface area contributed by atoms with Crippen molar-refractivity contribution in [3.05, 3.63) is 47.2 Å². The van der Waals surface area contributed by atoms with Gasteiger partial charge in [-0.15, -0.1) is 11.8 Å². The zero-order valence-corrected chi connectivity index (χ0v) is 11.9. The number of aliphatic carboxylic acids is 1. The fraction of sp³-hybridized carbons (Fsp3) is 0.214. The largest absolute Gasteiger partial charge is 0.480 e. The maximum Gasteiger partial charge on any atom is 0.321 e. The van der Waals surface area contributed by atoms with Crippen molar-refractivity contribution in [2.75, 3.05) is 5.75 Å². The fourth-order valence-electron chi connectivity index (χ4n) is 2.08. The number of nitrogens with one attached hydrogen (secondary N) is 1. The van der Waals surface area contributed by atoms with Gasteiger partial charge in [0.25, 0.3) is 0 Å². The third-order valence-electron chi connectivity index (χ3n) is 3.10. The summed E-state index contributed by atoms with van der Waals surface area (Å²) in [5, 5.41) is 12.5. The van der Waals surface area contributed by atoms with Gasteiger partial charge >= 0.3 is 5.97 Å². The normalized spacial score (nSPS) is 22.1. The monoisotopic (exact) mass is 309 g/mol. The quantitative estimate of drug-likeness (QED) is 0.910. The van der Waals surface area contributed by atoms with Crippen LogP contribution in [0, 0.1) is 0 Å². The predicted octanol–water partition coefficient (Wildman–Crippen LogP) is 3.39. The number of carbonyl (C=O) groups is 1. The average molecular weight is 310 g/mol. The lowest BCUT2D eigenvalue weighted by Crippen LogP contribution is -2.33. The summed E-state index contributed by atoms with van der Waals surface area (Å²) in [4.78, 5) is 10.9. The Kier molecular flexibility index (Phi) is 3.74. The molecule has 0 aliphatic carbocycles. The van der Waals surface area contributed by atoms with Crippen molar-refractivity contribution in [3.63, 3.8) is 0 Å². The zero-order chi connectivity index (χ0) is 14.1. The first-order valence-corrected chi connectivity index (χ1v) is 7.53. The maximum absolute atomic E-state index is 10.9. The molecule has 0 radical (unpaired) electrons. The minimum Gasteiger partial charge on any atom is -0.480 e. The van der Waals surface area contributed by atoms with Crippen molar-refractivity contribution in [2.45, 2.75) is 11.4 Å². The molecule has 0 bridgehead atoms. The molecule has 0 amide bonds. The van der Waals surface area contributed by atoms with Crippen LogP contribution < -0.4 is 5.32 Å². The van der Waals surface area contributed by atoms with E-state index >= 15 is 0 Å². The number of carboxylic acid groups (broad SMARTS) is 1. The van der Waals surface area contributed by atoms with E-state index in [1.807, 2.05) is 36.4 Å². The van der Waals surface area contributed by atoms with Crippen LogP contribution in [0.5, 0.6) is 0 Å². The van der Waals surface area contributed by atoms with Crippen molar-refractivity contribution in [3.8, 4) is 11.3 Å². The summed E-state index contributed by atoms with van der Waals surface area (Å²) in [5.74, 6) is 1.10. The minimum atomic E-state index is -0.835. The molecular formula is C14H12ClNO3S. The van der Waals surface area contributed by atoms with E-state index in [0.717, 1.165) is 5.56 Å². The van der Waals surface area contributed by atoms with Gasteiger partial charge in [0.15, 0.2) is 0 Å². The van der Waals surface area contributed by atoms with Gasteiger partial charge in [-0.25, -0.2) is 0 Å². The lowest BCUT2D eigenvalue weighted by atomic mass is 10.2. The molecule has 2 unspecified atom stereocenters. The summed E-state index contributed by atoms with van der Waals surface area (Å²) >= 11 is 7.66. The van der Waals surface area contributed by atoms with Gasteiger partial charge < -0.3 is 9.52 Å². The van der Waals surface area contributed by atoms with Crippen LogP contribution in [0.3, 0.4) is 0 Å². The van der Waals surface area contributed by atoms with E-state index in [2.05, 4.69) is 5.32 Å². The number of furan rings is 1. The summed E-state index contributed by atoms with van der Waals surface area (Å²) < 4.78 is 5.80. The highest BCUT2D eigenvalue weighted by molar-refractivity contribution is 7.99. The SMILES string of the molecule is O=C(O)C1CSC(c2ccc(-c3ccccc3Cl)o2)N1. The molecule has 3 rings (SSSR count). The van der Waals surface area contributed by atoms with Crippen LogP contribution >= 0.6 is 23.4 Å². The first kappa shape index (κ1) is 13.5. The summed E-state index contributed by atoms with van der Waals surface area (Å²) in [5.41, 5.74) is 0.832. The van der Waals surface area contributed by atoms with Crippen molar-refractivity contribution in [2.24, 2.45) is 0 Å². The molecule has 2 heterocycles. The Morgan fingerprint density at radius 1 is 1.35 bits per heavy atom. The van der Waals surface area contributed by atoms with Gasteiger partial charge in [-0.1, -0.05) is 23.7 Å². The molecular weight excluding hydrogens is 298 g/mol. The molecule has 104 valence electrons. The topological polar surface area (TPSA) is 62.5 Å². The fourth-order valence-corrected chi connectivity index (χ4v) is 3.48. The van der Waals surface area contributed by atoms with Gasteiger partial charge in [-0.2, -0.15) is 0 Å². The van der Waals surface area contributed by atoms with Crippen LogP contribution in [0.4, 0.5) is 0 Å². The number of hydrogen-bond donors (Lipinski definition) is 2. The molecule has 1 aliphatic heterocycles. The van der Waals surface area contributed by atoms with Crippen molar-refractivity contribution in [1.82, 2.24) is 5.32 Å². The van der Waals surface area contributed by atoms with E-state index < -0.39 is 12.0 Å². The lowest BCUT2D eigenvalue weighted by Gasteiger charge is -2.07. The van der Waals surface area contributed by atoms with E-state index in [4.69, 9.17) is 21.1 Å². The standard InChI is InChI=1S/C14H12ClNO3S/c15-9-4-2-1-3-8(9)11-5-6-12(19-11)13-16-10(7-20-13)14(17)18/h1-6,10,13,16H,7H2,(H,17,18). The molecule has 0 saturated carbocycles. The van der Waals surface area contributed by atoms with Gasteiger partial charge in [-0.3, -0.25) is 10.1 Å². The highest BCUT2D eigenvalue weighted by atomic mass is 35.5. The van der Waals surface area contributed by atoms with Crippen LogP contribution in [0.1, 0.15) is 11.1 Å². The third-order valence-corrected chi connectivity index (χ3v) is 4.66. The Morgan fingerprint density at radius 3 is 2.85 bits per heavy atom. The lowest BCUT2D eigenvalue weighted by molar-refractivity contribution is -0.138. The molecule has 20 heavy (non-hydrogen) atoms. The molecule has 2 atom stereocenters. The van der Waals surface area contributed by atoms with Gasteiger partial charge in [0.05, 0.1) is 5.02 Å². The summed E-state index contributed by atoms with van der Waals surface area (Å²) in [6.45, 7) is 0. The van der Waals surface area contributed by atoms with Crippen molar-refractivity contribution >= 4 is 29.3 Å². The van der Waals surface area contributed by atoms with Gasteiger partial charge in [0, 0.05) is 11.3 Å². The van der Waals surface area contributed by atoms with Crippen LogP contribution in [-0.2, 0) is 4.79 Å². The Labute approximate surface area is 125 Å². The highest BCUT2D eigenvalue weighted by Gasteiger charge is 2.32. The predicted molar refractivity (Wildman–Crippen MR) is 78.9 cm³/mol. The number of thioether (sulfide) groups is 1. The number of halogens is 1. The molecule has 1 aliphatic rings. The summed E-state index contributed by atoms with van der Waals surface area (Å²) in [6.07, 6.45) is 0. The van der Waals surface area contributed by atoms with Crippen LogP contribution in [0.2, 0.25) is 5.02 Å². The number of hydrogen-bond acceptors (Lipinski definition) is 4. The van der Waals surface area contributed by atoms with Crippen molar-refractivity contribution < 1.29 is 14.3 Å².